The van der Waals surface area contributed by atoms with E-state index in [0.717, 1.165) is 19.4 Å². The van der Waals surface area contributed by atoms with Gasteiger partial charge in [0.15, 0.2) is 0 Å². The van der Waals surface area contributed by atoms with Crippen LogP contribution in [0.15, 0.2) is 0 Å². The van der Waals surface area contributed by atoms with Gasteiger partial charge in [0.1, 0.15) is 0 Å². The van der Waals surface area contributed by atoms with Gasteiger partial charge in [-0.1, -0.05) is 0 Å². The number of aliphatic hydroxyl groups is 1. The maximum atomic E-state index is 9.71. The average molecular weight is 157 g/mol. The molecule has 0 aromatic heterocycles. The van der Waals surface area contributed by atoms with Crippen molar-refractivity contribution in [2.45, 2.75) is 51.2 Å². The Labute approximate surface area is 69.0 Å². The van der Waals surface area contributed by atoms with Crippen molar-refractivity contribution in [3.8, 4) is 0 Å². The number of nitrogens with one attached hydrogen (secondary N) is 1. The SMILES string of the molecule is CC(C)(C)NCC1(O)CCC1. The summed E-state index contributed by atoms with van der Waals surface area (Å²) in [6.07, 6.45) is 3.12. The van der Waals surface area contributed by atoms with E-state index in [1.165, 1.54) is 6.42 Å². The maximum Gasteiger partial charge on any atom is 0.0771 e. The molecule has 2 heteroatoms. The summed E-state index contributed by atoms with van der Waals surface area (Å²) in [7, 11) is 0. The van der Waals surface area contributed by atoms with Crippen LogP contribution in [0.3, 0.4) is 0 Å². The first kappa shape index (κ1) is 9.01. The van der Waals surface area contributed by atoms with Gasteiger partial charge in [0.25, 0.3) is 0 Å². The van der Waals surface area contributed by atoms with Crippen molar-refractivity contribution < 1.29 is 5.11 Å². The molecular weight excluding hydrogens is 138 g/mol. The third-order valence-electron chi connectivity index (χ3n) is 2.23. The number of hydrogen-bond donors (Lipinski definition) is 2. The van der Waals surface area contributed by atoms with Crippen molar-refractivity contribution in [3.63, 3.8) is 0 Å². The third-order valence-corrected chi connectivity index (χ3v) is 2.23. The van der Waals surface area contributed by atoms with Gasteiger partial charge in [-0.2, -0.15) is 0 Å². The molecule has 11 heavy (non-hydrogen) atoms. The van der Waals surface area contributed by atoms with Crippen LogP contribution in [-0.4, -0.2) is 22.8 Å². The zero-order chi connectivity index (χ0) is 8.54. The Kier molecular flexibility index (Phi) is 2.26. The first-order valence-electron chi connectivity index (χ1n) is 4.39. The summed E-state index contributed by atoms with van der Waals surface area (Å²) < 4.78 is 0. The predicted molar refractivity (Wildman–Crippen MR) is 46.6 cm³/mol. The monoisotopic (exact) mass is 157 g/mol. The van der Waals surface area contributed by atoms with Crippen LogP contribution in [0.4, 0.5) is 0 Å². The molecule has 0 aliphatic heterocycles. The van der Waals surface area contributed by atoms with Crippen LogP contribution in [0.5, 0.6) is 0 Å². The van der Waals surface area contributed by atoms with Crippen molar-refractivity contribution >= 4 is 0 Å². The Bertz CT molecular complexity index is 133. The molecule has 0 aromatic rings. The van der Waals surface area contributed by atoms with Gasteiger partial charge < -0.3 is 10.4 Å². The Morgan fingerprint density at radius 1 is 1.36 bits per heavy atom. The molecule has 2 nitrogen and oxygen atoms in total. The number of rotatable bonds is 2. The smallest absolute Gasteiger partial charge is 0.0771 e. The van der Waals surface area contributed by atoms with Crippen molar-refractivity contribution in [3.05, 3.63) is 0 Å². The Balaban J connectivity index is 2.21. The third kappa shape index (κ3) is 2.80. The first-order chi connectivity index (χ1) is 4.91. The van der Waals surface area contributed by atoms with Gasteiger partial charge in [0.2, 0.25) is 0 Å². The molecule has 1 aliphatic rings. The van der Waals surface area contributed by atoms with Crippen molar-refractivity contribution in [1.29, 1.82) is 0 Å². The van der Waals surface area contributed by atoms with Gasteiger partial charge in [0.05, 0.1) is 5.60 Å². The van der Waals surface area contributed by atoms with Gasteiger partial charge >= 0.3 is 0 Å². The fraction of sp³-hybridized carbons (Fsp3) is 1.00. The largest absolute Gasteiger partial charge is 0.389 e. The van der Waals surface area contributed by atoms with Gasteiger partial charge in [-0.3, -0.25) is 0 Å². The molecule has 0 unspecified atom stereocenters. The van der Waals surface area contributed by atoms with E-state index in [-0.39, 0.29) is 11.1 Å². The minimum atomic E-state index is -0.382. The quantitative estimate of drug-likeness (QED) is 0.633. The normalized spacial score (nSPS) is 22.9. The Morgan fingerprint density at radius 2 is 1.91 bits per heavy atom. The summed E-state index contributed by atoms with van der Waals surface area (Å²) in [6, 6.07) is 0. The van der Waals surface area contributed by atoms with E-state index in [4.69, 9.17) is 0 Å². The summed E-state index contributed by atoms with van der Waals surface area (Å²) in [5.74, 6) is 0. The molecule has 0 amide bonds. The summed E-state index contributed by atoms with van der Waals surface area (Å²) in [4.78, 5) is 0. The second-order valence-corrected chi connectivity index (χ2v) is 4.68. The average Bonchev–Trinajstić information content (AvgIpc) is 1.77. The standard InChI is InChI=1S/C9H19NO/c1-8(2,3)10-7-9(11)5-4-6-9/h10-11H,4-7H2,1-3H3. The Hall–Kier alpha value is -0.0800. The van der Waals surface area contributed by atoms with E-state index < -0.39 is 0 Å². The van der Waals surface area contributed by atoms with Crippen LogP contribution in [0.25, 0.3) is 0 Å². The molecule has 0 saturated heterocycles. The fourth-order valence-electron chi connectivity index (χ4n) is 1.19. The van der Waals surface area contributed by atoms with Crippen LogP contribution in [-0.2, 0) is 0 Å². The van der Waals surface area contributed by atoms with E-state index in [2.05, 4.69) is 26.1 Å². The number of β-amino-alcohol motifs (C(OH)–C–C–N with tert-alkyl or cyclic N) is 1. The molecule has 0 radical (unpaired) electrons. The molecule has 0 spiro atoms. The molecule has 1 fully saturated rings. The molecule has 1 rings (SSSR count). The van der Waals surface area contributed by atoms with Crippen molar-refractivity contribution in [2.75, 3.05) is 6.54 Å². The van der Waals surface area contributed by atoms with Crippen LogP contribution in [0.2, 0.25) is 0 Å². The highest BCUT2D eigenvalue weighted by Gasteiger charge is 2.34. The predicted octanol–water partition coefficient (Wildman–Crippen LogP) is 1.29. The van der Waals surface area contributed by atoms with Gasteiger partial charge in [-0.25, -0.2) is 0 Å². The van der Waals surface area contributed by atoms with E-state index in [1.54, 1.807) is 0 Å². The van der Waals surface area contributed by atoms with Crippen molar-refractivity contribution in [1.82, 2.24) is 5.32 Å². The lowest BCUT2D eigenvalue weighted by Gasteiger charge is -2.39. The second kappa shape index (κ2) is 2.76. The summed E-state index contributed by atoms with van der Waals surface area (Å²) in [6.45, 7) is 7.11. The molecule has 0 atom stereocenters. The van der Waals surface area contributed by atoms with Crippen LogP contribution < -0.4 is 5.32 Å². The lowest BCUT2D eigenvalue weighted by atomic mass is 9.80. The molecule has 66 valence electrons. The zero-order valence-corrected chi connectivity index (χ0v) is 7.78. The molecular formula is C9H19NO. The van der Waals surface area contributed by atoms with Crippen LogP contribution in [0.1, 0.15) is 40.0 Å². The molecule has 0 aromatic carbocycles. The minimum Gasteiger partial charge on any atom is -0.389 e. The lowest BCUT2D eigenvalue weighted by Crippen LogP contribution is -2.51. The highest BCUT2D eigenvalue weighted by molar-refractivity contribution is 4.91. The lowest BCUT2D eigenvalue weighted by molar-refractivity contribution is -0.0353. The first-order valence-corrected chi connectivity index (χ1v) is 4.39. The topological polar surface area (TPSA) is 32.3 Å². The molecule has 1 saturated carbocycles. The summed E-state index contributed by atoms with van der Waals surface area (Å²) in [5, 5.41) is 13.0. The second-order valence-electron chi connectivity index (χ2n) is 4.68. The fourth-order valence-corrected chi connectivity index (χ4v) is 1.19. The summed E-state index contributed by atoms with van der Waals surface area (Å²) in [5.41, 5.74) is -0.251. The van der Waals surface area contributed by atoms with Crippen molar-refractivity contribution in [2.24, 2.45) is 0 Å². The van der Waals surface area contributed by atoms with Gasteiger partial charge in [-0.15, -0.1) is 0 Å². The van der Waals surface area contributed by atoms with Gasteiger partial charge in [-0.05, 0) is 40.0 Å². The molecule has 0 heterocycles. The van der Waals surface area contributed by atoms with E-state index in [9.17, 15) is 5.11 Å². The molecule has 0 bridgehead atoms. The maximum absolute atomic E-state index is 9.71. The Morgan fingerprint density at radius 3 is 2.18 bits per heavy atom. The summed E-state index contributed by atoms with van der Waals surface area (Å²) >= 11 is 0. The molecule has 2 N–H and O–H groups in total. The van der Waals surface area contributed by atoms with Crippen LogP contribution >= 0.6 is 0 Å². The van der Waals surface area contributed by atoms with Gasteiger partial charge in [0, 0.05) is 12.1 Å². The highest BCUT2D eigenvalue weighted by Crippen LogP contribution is 2.30. The van der Waals surface area contributed by atoms with Crippen LogP contribution in [0, 0.1) is 0 Å². The number of hydrogen-bond acceptors (Lipinski definition) is 2. The van der Waals surface area contributed by atoms with E-state index >= 15 is 0 Å². The van der Waals surface area contributed by atoms with E-state index in [0.29, 0.717) is 0 Å². The van der Waals surface area contributed by atoms with E-state index in [1.807, 2.05) is 0 Å². The molecule has 1 aliphatic carbocycles. The minimum absolute atomic E-state index is 0.130. The zero-order valence-electron chi connectivity index (χ0n) is 7.78. The highest BCUT2D eigenvalue weighted by atomic mass is 16.3.